The van der Waals surface area contributed by atoms with Crippen LogP contribution in [0.1, 0.15) is 47.4 Å². The number of carbonyl (C=O) groups excluding carboxylic acids is 1. The summed E-state index contributed by atoms with van der Waals surface area (Å²) in [6.07, 6.45) is 3.44. The van der Waals surface area contributed by atoms with Crippen LogP contribution in [0.15, 0.2) is 10.9 Å². The van der Waals surface area contributed by atoms with Gasteiger partial charge in [0.25, 0.3) is 5.78 Å². The van der Waals surface area contributed by atoms with Crippen LogP contribution in [0.25, 0.3) is 5.78 Å². The zero-order chi connectivity index (χ0) is 18.3. The van der Waals surface area contributed by atoms with E-state index < -0.39 is 0 Å². The SMILES string of the molecule is Cc1noc([C@H]2CCN(C(=O)CCc3c(C)nc4ncnn4c3C)C2)n1. The van der Waals surface area contributed by atoms with Crippen molar-refractivity contribution < 1.29 is 9.32 Å². The number of fused-ring (bicyclic) bond motifs is 1. The van der Waals surface area contributed by atoms with Gasteiger partial charge < -0.3 is 9.42 Å². The summed E-state index contributed by atoms with van der Waals surface area (Å²) in [6, 6.07) is 0. The van der Waals surface area contributed by atoms with Crippen LogP contribution in [-0.4, -0.2) is 53.6 Å². The fourth-order valence-electron chi connectivity index (χ4n) is 3.57. The number of aryl methyl sites for hydroxylation is 3. The van der Waals surface area contributed by atoms with Gasteiger partial charge in [0.2, 0.25) is 11.8 Å². The van der Waals surface area contributed by atoms with Crippen molar-refractivity contribution in [1.82, 2.24) is 34.6 Å². The van der Waals surface area contributed by atoms with Crippen molar-refractivity contribution in [2.75, 3.05) is 13.1 Å². The largest absolute Gasteiger partial charge is 0.342 e. The number of nitrogens with zero attached hydrogens (tertiary/aromatic N) is 7. The van der Waals surface area contributed by atoms with Gasteiger partial charge in [-0.05, 0) is 39.2 Å². The fraction of sp³-hybridized carbons (Fsp3) is 0.529. The smallest absolute Gasteiger partial charge is 0.252 e. The minimum Gasteiger partial charge on any atom is -0.342 e. The van der Waals surface area contributed by atoms with Gasteiger partial charge in [0.05, 0.1) is 5.92 Å². The Kier molecular flexibility index (Phi) is 4.14. The number of hydrogen-bond donors (Lipinski definition) is 0. The molecule has 3 aromatic heterocycles. The molecule has 1 saturated heterocycles. The van der Waals surface area contributed by atoms with Crippen LogP contribution in [-0.2, 0) is 11.2 Å². The van der Waals surface area contributed by atoms with Crippen molar-refractivity contribution in [2.45, 2.75) is 46.0 Å². The molecule has 9 heteroatoms. The highest BCUT2D eigenvalue weighted by molar-refractivity contribution is 5.77. The summed E-state index contributed by atoms with van der Waals surface area (Å²) < 4.78 is 6.97. The molecule has 9 nitrogen and oxygen atoms in total. The number of amides is 1. The van der Waals surface area contributed by atoms with Gasteiger partial charge in [0.15, 0.2) is 5.82 Å². The number of carbonyl (C=O) groups is 1. The van der Waals surface area contributed by atoms with Crippen LogP contribution in [0.3, 0.4) is 0 Å². The van der Waals surface area contributed by atoms with Crippen LogP contribution >= 0.6 is 0 Å². The van der Waals surface area contributed by atoms with Crippen LogP contribution in [0, 0.1) is 20.8 Å². The van der Waals surface area contributed by atoms with E-state index in [0.29, 0.717) is 36.9 Å². The zero-order valence-corrected chi connectivity index (χ0v) is 15.1. The average molecular weight is 355 g/mol. The summed E-state index contributed by atoms with van der Waals surface area (Å²) in [5.41, 5.74) is 2.94. The Morgan fingerprint density at radius 3 is 2.92 bits per heavy atom. The Morgan fingerprint density at radius 2 is 2.15 bits per heavy atom. The van der Waals surface area contributed by atoms with Crippen LogP contribution < -0.4 is 0 Å². The molecule has 136 valence electrons. The molecular formula is C17H21N7O2. The molecule has 1 atom stereocenters. The normalized spacial score (nSPS) is 17.3. The van der Waals surface area contributed by atoms with Crippen molar-refractivity contribution in [1.29, 1.82) is 0 Å². The molecule has 1 fully saturated rings. The number of hydrogen-bond acceptors (Lipinski definition) is 7. The van der Waals surface area contributed by atoms with Gasteiger partial charge in [-0.1, -0.05) is 5.16 Å². The second-order valence-corrected chi connectivity index (χ2v) is 6.74. The molecule has 0 N–H and O–H groups in total. The van der Waals surface area contributed by atoms with E-state index in [0.717, 1.165) is 29.9 Å². The molecule has 0 unspecified atom stereocenters. The second-order valence-electron chi connectivity index (χ2n) is 6.74. The minimum atomic E-state index is 0.136. The zero-order valence-electron chi connectivity index (χ0n) is 15.1. The van der Waals surface area contributed by atoms with Gasteiger partial charge in [-0.3, -0.25) is 4.79 Å². The molecule has 3 aromatic rings. The molecule has 0 bridgehead atoms. The van der Waals surface area contributed by atoms with E-state index in [4.69, 9.17) is 4.52 Å². The summed E-state index contributed by atoms with van der Waals surface area (Å²) >= 11 is 0. The molecule has 0 radical (unpaired) electrons. The van der Waals surface area contributed by atoms with Gasteiger partial charge in [-0.25, -0.2) is 9.50 Å². The Labute approximate surface area is 150 Å². The molecule has 26 heavy (non-hydrogen) atoms. The highest BCUT2D eigenvalue weighted by Crippen LogP contribution is 2.26. The third-order valence-electron chi connectivity index (χ3n) is 5.01. The highest BCUT2D eigenvalue weighted by atomic mass is 16.5. The van der Waals surface area contributed by atoms with E-state index in [9.17, 15) is 4.79 Å². The van der Waals surface area contributed by atoms with Crippen molar-refractivity contribution in [2.24, 2.45) is 0 Å². The first-order valence-electron chi connectivity index (χ1n) is 8.76. The van der Waals surface area contributed by atoms with E-state index in [2.05, 4.69) is 25.2 Å². The van der Waals surface area contributed by atoms with E-state index in [1.807, 2.05) is 18.7 Å². The van der Waals surface area contributed by atoms with E-state index in [1.54, 1.807) is 11.4 Å². The topological polar surface area (TPSA) is 102 Å². The lowest BCUT2D eigenvalue weighted by Crippen LogP contribution is -2.28. The van der Waals surface area contributed by atoms with Gasteiger partial charge in [-0.15, -0.1) is 0 Å². The first kappa shape index (κ1) is 16.6. The predicted octanol–water partition coefficient (Wildman–Crippen LogP) is 1.38. The Morgan fingerprint density at radius 1 is 1.31 bits per heavy atom. The molecule has 1 amide bonds. The molecule has 0 spiro atoms. The van der Waals surface area contributed by atoms with Crippen LogP contribution in [0.5, 0.6) is 0 Å². The van der Waals surface area contributed by atoms with Gasteiger partial charge in [-0.2, -0.15) is 15.1 Å². The molecule has 0 saturated carbocycles. The molecule has 0 aromatic carbocycles. The van der Waals surface area contributed by atoms with Crippen molar-refractivity contribution in [3.05, 3.63) is 35.0 Å². The standard InChI is InChI=1S/C17H21N7O2/c1-10-14(11(2)24-17(20-10)18-9-19-24)4-5-15(25)23-7-6-13(8-23)16-21-12(3)22-26-16/h9,13H,4-8H2,1-3H3/t13-/m0/s1. The number of likely N-dealkylation sites (tertiary alicyclic amines) is 1. The van der Waals surface area contributed by atoms with Crippen molar-refractivity contribution >= 4 is 11.7 Å². The summed E-state index contributed by atoms with van der Waals surface area (Å²) in [6.45, 7) is 7.10. The quantitative estimate of drug-likeness (QED) is 0.696. The monoisotopic (exact) mass is 355 g/mol. The average Bonchev–Trinajstić information content (AvgIpc) is 3.33. The molecule has 4 heterocycles. The Bertz CT molecular complexity index is 961. The molecule has 0 aliphatic carbocycles. The van der Waals surface area contributed by atoms with E-state index >= 15 is 0 Å². The maximum absolute atomic E-state index is 12.6. The highest BCUT2D eigenvalue weighted by Gasteiger charge is 2.30. The predicted molar refractivity (Wildman–Crippen MR) is 91.6 cm³/mol. The third-order valence-corrected chi connectivity index (χ3v) is 5.01. The van der Waals surface area contributed by atoms with Crippen molar-refractivity contribution in [3.8, 4) is 0 Å². The molecule has 1 aliphatic rings. The van der Waals surface area contributed by atoms with Gasteiger partial charge >= 0.3 is 0 Å². The van der Waals surface area contributed by atoms with E-state index in [1.165, 1.54) is 6.33 Å². The lowest BCUT2D eigenvalue weighted by Gasteiger charge is -2.17. The third kappa shape index (κ3) is 2.93. The summed E-state index contributed by atoms with van der Waals surface area (Å²) in [5.74, 6) is 2.13. The lowest BCUT2D eigenvalue weighted by molar-refractivity contribution is -0.130. The first-order valence-corrected chi connectivity index (χ1v) is 8.76. The van der Waals surface area contributed by atoms with Crippen LogP contribution in [0.4, 0.5) is 0 Å². The van der Waals surface area contributed by atoms with Gasteiger partial charge in [0, 0.05) is 30.9 Å². The van der Waals surface area contributed by atoms with E-state index in [-0.39, 0.29) is 11.8 Å². The fourth-order valence-corrected chi connectivity index (χ4v) is 3.57. The summed E-state index contributed by atoms with van der Waals surface area (Å²) in [7, 11) is 0. The summed E-state index contributed by atoms with van der Waals surface area (Å²) in [4.78, 5) is 27.4. The Balaban J connectivity index is 1.42. The molecular weight excluding hydrogens is 334 g/mol. The summed E-state index contributed by atoms with van der Waals surface area (Å²) in [5, 5.41) is 8.03. The maximum Gasteiger partial charge on any atom is 0.252 e. The second kappa shape index (κ2) is 6.47. The van der Waals surface area contributed by atoms with Crippen LogP contribution in [0.2, 0.25) is 0 Å². The maximum atomic E-state index is 12.6. The molecule has 4 rings (SSSR count). The first-order chi connectivity index (χ1) is 12.5. The number of rotatable bonds is 4. The molecule has 1 aliphatic heterocycles. The van der Waals surface area contributed by atoms with Gasteiger partial charge in [0.1, 0.15) is 6.33 Å². The lowest BCUT2D eigenvalue weighted by atomic mass is 10.1. The number of aromatic nitrogens is 6. The minimum absolute atomic E-state index is 0.136. The Hall–Kier alpha value is -2.84. The van der Waals surface area contributed by atoms with Crippen molar-refractivity contribution in [3.63, 3.8) is 0 Å².